The monoisotopic (exact) mass is 472 g/mol. The first-order valence-corrected chi connectivity index (χ1v) is 12.2. The standard InChI is InChI=1S/C25H30F2N4OS/c1-5-7-17(16-9-10-16)13-18(8-6-2)23-28-15-21(33-23)25(11-12-25)29-22(32)19-14-20(24(3,26)27)30-31(19)4/h6,8,13-16H,2,5,7,9-12H2,1,3-4H3,(H,29,32)/b17-13+,18-8+. The van der Waals surface area contributed by atoms with Gasteiger partial charge in [0.25, 0.3) is 11.8 Å². The summed E-state index contributed by atoms with van der Waals surface area (Å²) in [6, 6.07) is 1.16. The normalized spacial score (nSPS) is 18.3. The zero-order valence-corrected chi connectivity index (χ0v) is 20.1. The summed E-state index contributed by atoms with van der Waals surface area (Å²) in [5.41, 5.74) is 1.71. The first-order chi connectivity index (χ1) is 15.7. The average molecular weight is 473 g/mol. The number of halogens is 2. The van der Waals surface area contributed by atoms with Crippen LogP contribution in [0.2, 0.25) is 0 Å². The number of carbonyl (C=O) groups excluding carboxylic acids is 1. The van der Waals surface area contributed by atoms with Crippen LogP contribution in [0.25, 0.3) is 5.57 Å². The summed E-state index contributed by atoms with van der Waals surface area (Å²) in [5.74, 6) is -2.82. The van der Waals surface area contributed by atoms with Crippen molar-refractivity contribution >= 4 is 22.8 Å². The molecule has 4 rings (SSSR count). The number of amides is 1. The molecule has 2 saturated carbocycles. The van der Waals surface area contributed by atoms with Crippen molar-refractivity contribution in [3.63, 3.8) is 0 Å². The lowest BCUT2D eigenvalue weighted by Crippen LogP contribution is -2.35. The number of allylic oxidation sites excluding steroid dienone is 5. The molecule has 0 spiro atoms. The van der Waals surface area contributed by atoms with Gasteiger partial charge in [0.2, 0.25) is 0 Å². The van der Waals surface area contributed by atoms with Crippen LogP contribution in [0.1, 0.15) is 78.4 Å². The van der Waals surface area contributed by atoms with Crippen molar-refractivity contribution in [3.8, 4) is 0 Å². The van der Waals surface area contributed by atoms with Crippen LogP contribution >= 0.6 is 11.3 Å². The Bertz CT molecular complexity index is 1110. The first kappa shape index (κ1) is 23.5. The van der Waals surface area contributed by atoms with E-state index < -0.39 is 23.1 Å². The lowest BCUT2D eigenvalue weighted by Gasteiger charge is -2.15. The number of alkyl halides is 2. The SMILES string of the molecule is C=C/C=C(\C=C(/CCC)C1CC1)c1ncc(C2(NC(=O)c3cc(C(C)(F)F)nn3C)CC2)s1. The van der Waals surface area contributed by atoms with Gasteiger partial charge in [-0.05, 0) is 44.1 Å². The van der Waals surface area contributed by atoms with E-state index >= 15 is 0 Å². The fourth-order valence-corrected chi connectivity index (χ4v) is 5.12. The molecule has 0 atom stereocenters. The molecule has 0 radical (unpaired) electrons. The summed E-state index contributed by atoms with van der Waals surface area (Å²) < 4.78 is 28.5. The Labute approximate surface area is 197 Å². The Hall–Kier alpha value is -2.61. The molecule has 33 heavy (non-hydrogen) atoms. The Kier molecular flexibility index (Phi) is 6.40. The Morgan fingerprint density at radius 3 is 2.70 bits per heavy atom. The molecular formula is C25H30F2N4OS. The highest BCUT2D eigenvalue weighted by Gasteiger charge is 2.48. The minimum atomic E-state index is -3.10. The zero-order valence-electron chi connectivity index (χ0n) is 19.3. The maximum Gasteiger partial charge on any atom is 0.288 e. The fourth-order valence-electron chi connectivity index (χ4n) is 4.01. The van der Waals surface area contributed by atoms with E-state index in [1.165, 1.54) is 30.1 Å². The molecular weight excluding hydrogens is 442 g/mol. The maximum absolute atomic E-state index is 13.6. The number of rotatable bonds is 10. The van der Waals surface area contributed by atoms with Crippen LogP contribution < -0.4 is 5.32 Å². The number of aryl methyl sites for hydroxylation is 1. The van der Waals surface area contributed by atoms with E-state index in [1.54, 1.807) is 17.4 Å². The molecule has 2 fully saturated rings. The van der Waals surface area contributed by atoms with Gasteiger partial charge >= 0.3 is 0 Å². The Morgan fingerprint density at radius 2 is 2.15 bits per heavy atom. The quantitative estimate of drug-likeness (QED) is 0.424. The Balaban J connectivity index is 1.55. The summed E-state index contributed by atoms with van der Waals surface area (Å²) in [4.78, 5) is 18.5. The number of thiazole rings is 1. The van der Waals surface area contributed by atoms with Gasteiger partial charge in [0.1, 0.15) is 16.4 Å². The highest BCUT2D eigenvalue weighted by atomic mass is 32.1. The molecule has 2 aliphatic rings. The molecule has 0 unspecified atom stereocenters. The molecule has 0 aromatic carbocycles. The van der Waals surface area contributed by atoms with Crippen molar-refractivity contribution in [1.29, 1.82) is 0 Å². The molecule has 2 aliphatic carbocycles. The molecule has 5 nitrogen and oxygen atoms in total. The lowest BCUT2D eigenvalue weighted by atomic mass is 10.0. The second-order valence-electron chi connectivity index (χ2n) is 9.09. The predicted octanol–water partition coefficient (Wildman–Crippen LogP) is 6.11. The zero-order chi connectivity index (χ0) is 23.8. The number of nitrogens with zero attached hydrogens (tertiary/aromatic N) is 3. The minimum Gasteiger partial charge on any atom is -0.340 e. The highest BCUT2D eigenvalue weighted by Crippen LogP contribution is 2.49. The smallest absolute Gasteiger partial charge is 0.288 e. The van der Waals surface area contributed by atoms with Gasteiger partial charge in [-0.2, -0.15) is 13.9 Å². The van der Waals surface area contributed by atoms with Crippen LogP contribution in [-0.2, 0) is 18.5 Å². The lowest BCUT2D eigenvalue weighted by molar-refractivity contribution is 0.0122. The number of carbonyl (C=O) groups is 1. The fraction of sp³-hybridized carbons (Fsp3) is 0.480. The van der Waals surface area contributed by atoms with Gasteiger partial charge in [-0.1, -0.05) is 43.7 Å². The van der Waals surface area contributed by atoms with E-state index in [0.717, 1.165) is 54.1 Å². The van der Waals surface area contributed by atoms with E-state index in [2.05, 4.69) is 35.0 Å². The van der Waals surface area contributed by atoms with Crippen LogP contribution in [0.4, 0.5) is 8.78 Å². The summed E-state index contributed by atoms with van der Waals surface area (Å²) in [7, 11) is 1.50. The molecule has 1 N–H and O–H groups in total. The minimum absolute atomic E-state index is 0.117. The number of aromatic nitrogens is 3. The van der Waals surface area contributed by atoms with Crippen LogP contribution in [0.3, 0.4) is 0 Å². The third-order valence-electron chi connectivity index (χ3n) is 6.17. The summed E-state index contributed by atoms with van der Waals surface area (Å²) in [6.45, 7) is 6.83. The summed E-state index contributed by atoms with van der Waals surface area (Å²) in [6.07, 6.45) is 14.1. The molecule has 2 heterocycles. The molecule has 8 heteroatoms. The van der Waals surface area contributed by atoms with Gasteiger partial charge in [-0.15, -0.1) is 11.3 Å². The first-order valence-electron chi connectivity index (χ1n) is 11.4. The van der Waals surface area contributed by atoms with E-state index in [4.69, 9.17) is 0 Å². The van der Waals surface area contributed by atoms with Crippen molar-refractivity contribution in [2.24, 2.45) is 13.0 Å². The second kappa shape index (κ2) is 8.97. The van der Waals surface area contributed by atoms with Crippen molar-refractivity contribution in [2.45, 2.75) is 63.8 Å². The third kappa shape index (κ3) is 5.16. The third-order valence-corrected chi connectivity index (χ3v) is 7.42. The molecule has 0 aliphatic heterocycles. The molecule has 176 valence electrons. The predicted molar refractivity (Wildman–Crippen MR) is 127 cm³/mol. The van der Waals surface area contributed by atoms with Crippen molar-refractivity contribution < 1.29 is 13.6 Å². The summed E-state index contributed by atoms with van der Waals surface area (Å²) in [5, 5.41) is 7.75. The molecule has 0 bridgehead atoms. The largest absolute Gasteiger partial charge is 0.340 e. The Morgan fingerprint density at radius 1 is 1.42 bits per heavy atom. The second-order valence-corrected chi connectivity index (χ2v) is 10.1. The van der Waals surface area contributed by atoms with Gasteiger partial charge in [-0.25, -0.2) is 4.98 Å². The number of nitrogens with one attached hydrogen (secondary N) is 1. The van der Waals surface area contributed by atoms with Gasteiger partial charge in [0.15, 0.2) is 0 Å². The van der Waals surface area contributed by atoms with Crippen molar-refractivity contribution in [1.82, 2.24) is 20.1 Å². The number of hydrogen-bond acceptors (Lipinski definition) is 4. The highest BCUT2D eigenvalue weighted by molar-refractivity contribution is 7.13. The molecule has 2 aromatic rings. The van der Waals surface area contributed by atoms with Crippen molar-refractivity contribution in [2.75, 3.05) is 0 Å². The van der Waals surface area contributed by atoms with E-state index in [1.807, 2.05) is 12.3 Å². The van der Waals surface area contributed by atoms with Gasteiger partial charge in [0, 0.05) is 25.7 Å². The molecule has 2 aromatic heterocycles. The summed E-state index contributed by atoms with van der Waals surface area (Å²) >= 11 is 1.56. The van der Waals surface area contributed by atoms with Gasteiger partial charge in [0.05, 0.1) is 10.4 Å². The maximum atomic E-state index is 13.6. The van der Waals surface area contributed by atoms with Crippen molar-refractivity contribution in [3.05, 3.63) is 63.9 Å². The van der Waals surface area contributed by atoms with Crippen LogP contribution in [0, 0.1) is 5.92 Å². The molecule has 0 saturated heterocycles. The van der Waals surface area contributed by atoms with E-state index in [9.17, 15) is 13.6 Å². The van der Waals surface area contributed by atoms with Gasteiger partial charge < -0.3 is 5.32 Å². The van der Waals surface area contributed by atoms with Crippen LogP contribution in [0.5, 0.6) is 0 Å². The van der Waals surface area contributed by atoms with Crippen LogP contribution in [-0.4, -0.2) is 20.7 Å². The molecule has 1 amide bonds. The number of hydrogen-bond donors (Lipinski definition) is 1. The van der Waals surface area contributed by atoms with E-state index in [-0.39, 0.29) is 5.69 Å². The van der Waals surface area contributed by atoms with Gasteiger partial charge in [-0.3, -0.25) is 9.48 Å². The topological polar surface area (TPSA) is 59.8 Å². The van der Waals surface area contributed by atoms with E-state index in [0.29, 0.717) is 5.92 Å². The average Bonchev–Trinajstić information content (AvgIpc) is 3.65. The van der Waals surface area contributed by atoms with Crippen LogP contribution in [0.15, 0.2) is 42.6 Å².